The molecule has 1 saturated carbocycles. The molecule has 2 nitrogen and oxygen atoms in total. The Morgan fingerprint density at radius 1 is 1.35 bits per heavy atom. The average molecular weight is 295 g/mol. The Morgan fingerprint density at radius 2 is 2.10 bits per heavy atom. The summed E-state index contributed by atoms with van der Waals surface area (Å²) in [5.74, 6) is 0.727. The first-order valence-corrected chi connectivity index (χ1v) is 8.81. The molecule has 2 rings (SSSR count). The van der Waals surface area contributed by atoms with Crippen molar-refractivity contribution in [2.75, 3.05) is 0 Å². The van der Waals surface area contributed by atoms with Gasteiger partial charge in [0.15, 0.2) is 0 Å². The quantitative estimate of drug-likeness (QED) is 0.825. The maximum Gasteiger partial charge on any atom is 0.0731 e. The second kappa shape index (κ2) is 7.58. The molecule has 3 heteroatoms. The van der Waals surface area contributed by atoms with Crippen LogP contribution in [0.3, 0.4) is 0 Å². The van der Waals surface area contributed by atoms with Gasteiger partial charge in [0.05, 0.1) is 12.7 Å². The summed E-state index contributed by atoms with van der Waals surface area (Å²) in [7, 11) is 0. The number of aryl methyl sites for hydroxylation is 1. The molecule has 1 aliphatic rings. The van der Waals surface area contributed by atoms with E-state index in [0.29, 0.717) is 12.1 Å². The first-order valence-electron chi connectivity index (χ1n) is 7.99. The predicted molar refractivity (Wildman–Crippen MR) is 87.2 cm³/mol. The fraction of sp³-hybridized carbons (Fsp3) is 0.765. The Balaban J connectivity index is 1.85. The minimum absolute atomic E-state index is 0.472. The van der Waals surface area contributed by atoms with Crippen molar-refractivity contribution >= 4 is 11.3 Å². The van der Waals surface area contributed by atoms with Crippen molar-refractivity contribution in [1.29, 1.82) is 0 Å². The SMILES string of the molecule is Cc1sc(CNC(C)C)cc1COC1CCCCC1C. The van der Waals surface area contributed by atoms with Crippen LogP contribution >= 0.6 is 11.3 Å². The van der Waals surface area contributed by atoms with E-state index in [-0.39, 0.29) is 0 Å². The van der Waals surface area contributed by atoms with Gasteiger partial charge in [-0.25, -0.2) is 0 Å². The molecule has 0 saturated heterocycles. The molecule has 1 aromatic rings. The average Bonchev–Trinajstić information content (AvgIpc) is 2.76. The molecule has 114 valence electrons. The molecule has 0 aliphatic heterocycles. The van der Waals surface area contributed by atoms with Crippen molar-refractivity contribution in [1.82, 2.24) is 5.32 Å². The summed E-state index contributed by atoms with van der Waals surface area (Å²) in [6.07, 6.45) is 5.76. The monoisotopic (exact) mass is 295 g/mol. The molecule has 0 radical (unpaired) electrons. The van der Waals surface area contributed by atoms with E-state index >= 15 is 0 Å². The fourth-order valence-corrected chi connectivity index (χ4v) is 3.85. The van der Waals surface area contributed by atoms with Crippen LogP contribution in [0.2, 0.25) is 0 Å². The van der Waals surface area contributed by atoms with Gasteiger partial charge in [-0.05, 0) is 37.3 Å². The highest BCUT2D eigenvalue weighted by molar-refractivity contribution is 7.12. The second-order valence-corrected chi connectivity index (χ2v) is 7.78. The minimum Gasteiger partial charge on any atom is -0.373 e. The van der Waals surface area contributed by atoms with E-state index in [1.54, 1.807) is 0 Å². The van der Waals surface area contributed by atoms with Gasteiger partial charge in [-0.1, -0.05) is 33.6 Å². The van der Waals surface area contributed by atoms with E-state index < -0.39 is 0 Å². The zero-order chi connectivity index (χ0) is 14.5. The number of hydrogen-bond acceptors (Lipinski definition) is 3. The first kappa shape index (κ1) is 16.0. The molecule has 2 unspecified atom stereocenters. The Hall–Kier alpha value is -0.380. The zero-order valence-corrected chi connectivity index (χ0v) is 14.2. The van der Waals surface area contributed by atoms with Crippen LogP contribution in [0.1, 0.15) is 61.8 Å². The summed E-state index contributed by atoms with van der Waals surface area (Å²) in [4.78, 5) is 2.83. The lowest BCUT2D eigenvalue weighted by Gasteiger charge is -2.28. The van der Waals surface area contributed by atoms with E-state index in [9.17, 15) is 0 Å². The number of ether oxygens (including phenoxy) is 1. The van der Waals surface area contributed by atoms with E-state index in [2.05, 4.69) is 39.1 Å². The van der Waals surface area contributed by atoms with Gasteiger partial charge in [-0.3, -0.25) is 0 Å². The molecule has 0 spiro atoms. The minimum atomic E-state index is 0.472. The maximum atomic E-state index is 6.19. The lowest BCUT2D eigenvalue weighted by Crippen LogP contribution is -2.25. The van der Waals surface area contributed by atoms with Crippen molar-refractivity contribution in [2.24, 2.45) is 5.92 Å². The van der Waals surface area contributed by atoms with Crippen molar-refractivity contribution in [3.05, 3.63) is 21.4 Å². The van der Waals surface area contributed by atoms with Crippen LogP contribution in [-0.2, 0) is 17.9 Å². The standard InChI is InChI=1S/C17H29NOS/c1-12(2)18-10-16-9-15(14(4)20-16)11-19-17-8-6-5-7-13(17)3/h9,12-13,17-18H,5-8,10-11H2,1-4H3. The molecule has 1 fully saturated rings. The number of nitrogens with one attached hydrogen (secondary N) is 1. The van der Waals surface area contributed by atoms with Crippen molar-refractivity contribution in [3.63, 3.8) is 0 Å². The molecule has 1 N–H and O–H groups in total. The third kappa shape index (κ3) is 4.57. The molecule has 0 bridgehead atoms. The van der Waals surface area contributed by atoms with Crippen LogP contribution in [0.5, 0.6) is 0 Å². The van der Waals surface area contributed by atoms with E-state index in [1.807, 2.05) is 11.3 Å². The summed E-state index contributed by atoms with van der Waals surface area (Å²) in [6, 6.07) is 2.86. The molecule has 0 aromatic carbocycles. The van der Waals surface area contributed by atoms with Crippen LogP contribution in [-0.4, -0.2) is 12.1 Å². The zero-order valence-electron chi connectivity index (χ0n) is 13.4. The molecule has 0 amide bonds. The van der Waals surface area contributed by atoms with Crippen LogP contribution in [0.4, 0.5) is 0 Å². The third-order valence-electron chi connectivity index (χ3n) is 4.24. The molecular weight excluding hydrogens is 266 g/mol. The van der Waals surface area contributed by atoms with Crippen LogP contribution in [0.15, 0.2) is 6.07 Å². The highest BCUT2D eigenvalue weighted by Crippen LogP contribution is 2.28. The third-order valence-corrected chi connectivity index (χ3v) is 5.33. The van der Waals surface area contributed by atoms with Gasteiger partial charge < -0.3 is 10.1 Å². The Morgan fingerprint density at radius 3 is 2.80 bits per heavy atom. The molecule has 2 atom stereocenters. The molecule has 20 heavy (non-hydrogen) atoms. The predicted octanol–water partition coefficient (Wildman–Crippen LogP) is 4.65. The summed E-state index contributed by atoms with van der Waals surface area (Å²) in [6.45, 7) is 10.7. The molecule has 1 heterocycles. The number of hydrogen-bond donors (Lipinski definition) is 1. The number of thiophene rings is 1. The van der Waals surface area contributed by atoms with Gasteiger partial charge in [-0.15, -0.1) is 11.3 Å². The summed E-state index contributed by atoms with van der Waals surface area (Å²) < 4.78 is 6.19. The van der Waals surface area contributed by atoms with E-state index in [0.717, 1.165) is 19.1 Å². The Bertz CT molecular complexity index is 413. The summed E-state index contributed by atoms with van der Waals surface area (Å²) in [5, 5.41) is 3.48. The molecule has 1 aliphatic carbocycles. The first-order chi connectivity index (χ1) is 9.56. The molecule has 1 aromatic heterocycles. The Labute approximate surface area is 127 Å². The topological polar surface area (TPSA) is 21.3 Å². The largest absolute Gasteiger partial charge is 0.373 e. The lowest BCUT2D eigenvalue weighted by molar-refractivity contribution is -0.0155. The van der Waals surface area contributed by atoms with E-state index in [1.165, 1.54) is 41.0 Å². The highest BCUT2D eigenvalue weighted by atomic mass is 32.1. The van der Waals surface area contributed by atoms with Crippen molar-refractivity contribution in [2.45, 2.75) is 78.7 Å². The van der Waals surface area contributed by atoms with Crippen molar-refractivity contribution < 1.29 is 4.74 Å². The second-order valence-electron chi connectivity index (χ2n) is 6.44. The van der Waals surface area contributed by atoms with Crippen molar-refractivity contribution in [3.8, 4) is 0 Å². The Kier molecular flexibility index (Phi) is 6.06. The van der Waals surface area contributed by atoms with Gasteiger partial charge in [0.2, 0.25) is 0 Å². The van der Waals surface area contributed by atoms with Gasteiger partial charge in [0.25, 0.3) is 0 Å². The van der Waals surface area contributed by atoms with Gasteiger partial charge >= 0.3 is 0 Å². The van der Waals surface area contributed by atoms with Gasteiger partial charge in [0, 0.05) is 22.3 Å². The highest BCUT2D eigenvalue weighted by Gasteiger charge is 2.22. The fourth-order valence-electron chi connectivity index (χ4n) is 2.85. The maximum absolute atomic E-state index is 6.19. The number of rotatable bonds is 6. The van der Waals surface area contributed by atoms with Gasteiger partial charge in [-0.2, -0.15) is 0 Å². The molecular formula is C17H29NOS. The van der Waals surface area contributed by atoms with Gasteiger partial charge in [0.1, 0.15) is 0 Å². The van der Waals surface area contributed by atoms with Crippen LogP contribution in [0.25, 0.3) is 0 Å². The summed E-state index contributed by atoms with van der Waals surface area (Å²) in [5.41, 5.74) is 1.38. The lowest BCUT2D eigenvalue weighted by atomic mass is 9.88. The van der Waals surface area contributed by atoms with Crippen LogP contribution in [0, 0.1) is 12.8 Å². The van der Waals surface area contributed by atoms with E-state index in [4.69, 9.17) is 4.74 Å². The normalized spacial score (nSPS) is 23.4. The van der Waals surface area contributed by atoms with Crippen LogP contribution < -0.4 is 5.32 Å². The summed E-state index contributed by atoms with van der Waals surface area (Å²) >= 11 is 1.90. The smallest absolute Gasteiger partial charge is 0.0731 e.